The number of carbonyl (C=O) groups is 3. The number of halogens is 1. The van der Waals surface area contributed by atoms with Crippen LogP contribution in [-0.2, 0) is 14.3 Å². The van der Waals surface area contributed by atoms with Gasteiger partial charge in [-0.25, -0.2) is 0 Å². The Morgan fingerprint density at radius 2 is 1.80 bits per heavy atom. The second kappa shape index (κ2) is 10.6. The van der Waals surface area contributed by atoms with Crippen LogP contribution in [0, 0.1) is 15.9 Å². The minimum atomic E-state index is -1.04. The van der Waals surface area contributed by atoms with Gasteiger partial charge in [0.1, 0.15) is 5.75 Å². The number of esters is 1. The summed E-state index contributed by atoms with van der Waals surface area (Å²) in [6, 6.07) is 9.31. The van der Waals surface area contributed by atoms with Crippen LogP contribution in [0.15, 0.2) is 42.5 Å². The van der Waals surface area contributed by atoms with Crippen LogP contribution in [0.2, 0.25) is 0 Å². The van der Waals surface area contributed by atoms with E-state index in [0.717, 1.165) is 18.2 Å². The fourth-order valence-electron chi connectivity index (χ4n) is 2.41. The van der Waals surface area contributed by atoms with Gasteiger partial charge in [-0.15, -0.1) is 0 Å². The van der Waals surface area contributed by atoms with Gasteiger partial charge in [0, 0.05) is 23.7 Å². The highest BCUT2D eigenvalue weighted by atomic mass is 19.1. The molecule has 10 heteroatoms. The van der Waals surface area contributed by atoms with Crippen LogP contribution in [-0.4, -0.2) is 35.8 Å². The Balaban J connectivity index is 1.77. The molecule has 0 aromatic heterocycles. The fraction of sp³-hybridized carbons (Fsp3) is 0.250. The first kappa shape index (κ1) is 22.5. The summed E-state index contributed by atoms with van der Waals surface area (Å²) in [5, 5.41) is 13.0. The number of carbonyl (C=O) groups excluding carboxylic acids is 3. The predicted molar refractivity (Wildman–Crippen MR) is 104 cm³/mol. The van der Waals surface area contributed by atoms with Crippen molar-refractivity contribution >= 4 is 29.0 Å². The average molecular weight is 418 g/mol. The van der Waals surface area contributed by atoms with Crippen molar-refractivity contribution < 1.29 is 33.2 Å². The van der Waals surface area contributed by atoms with E-state index in [-0.39, 0.29) is 24.3 Å². The van der Waals surface area contributed by atoms with Gasteiger partial charge in [-0.2, -0.15) is 4.39 Å². The lowest BCUT2D eigenvalue weighted by Gasteiger charge is -2.07. The normalized spacial score (nSPS) is 10.2. The molecule has 9 nitrogen and oxygen atoms in total. The standard InChI is InChI=1S/C20H19FN2O7/c1-2-29-15-6-3-13(4-7-15)18(24)9-10-20(26)30-12-19(25)22-14-5-8-16(21)17(11-14)23(27)28/h3-8,11H,2,9-10,12H2,1H3,(H,22,25). The molecule has 0 radical (unpaired) electrons. The summed E-state index contributed by atoms with van der Waals surface area (Å²) in [4.78, 5) is 45.4. The molecular weight excluding hydrogens is 399 g/mol. The third kappa shape index (κ3) is 6.66. The van der Waals surface area contributed by atoms with E-state index in [1.54, 1.807) is 24.3 Å². The molecule has 2 aromatic carbocycles. The molecule has 0 unspecified atom stereocenters. The van der Waals surface area contributed by atoms with E-state index >= 15 is 0 Å². The molecule has 0 aliphatic rings. The number of hydrogen-bond acceptors (Lipinski definition) is 7. The van der Waals surface area contributed by atoms with Crippen LogP contribution in [0.25, 0.3) is 0 Å². The van der Waals surface area contributed by atoms with E-state index in [9.17, 15) is 28.9 Å². The summed E-state index contributed by atoms with van der Waals surface area (Å²) >= 11 is 0. The van der Waals surface area contributed by atoms with Crippen molar-refractivity contribution in [3.05, 3.63) is 64.0 Å². The monoisotopic (exact) mass is 418 g/mol. The van der Waals surface area contributed by atoms with Gasteiger partial charge in [0.25, 0.3) is 5.91 Å². The lowest BCUT2D eigenvalue weighted by atomic mass is 10.1. The summed E-state index contributed by atoms with van der Waals surface area (Å²) in [5.74, 6) is -2.19. The van der Waals surface area contributed by atoms with Crippen LogP contribution in [0.1, 0.15) is 30.1 Å². The number of nitrogens with zero attached hydrogens (tertiary/aromatic N) is 1. The Morgan fingerprint density at radius 3 is 2.43 bits per heavy atom. The van der Waals surface area contributed by atoms with Crippen molar-refractivity contribution in [1.29, 1.82) is 0 Å². The number of nitro benzene ring substituents is 1. The Labute approximate surface area is 170 Å². The Morgan fingerprint density at radius 1 is 1.10 bits per heavy atom. The maximum absolute atomic E-state index is 13.3. The summed E-state index contributed by atoms with van der Waals surface area (Å²) in [5.41, 5.74) is -0.394. The number of anilines is 1. The number of ketones is 1. The first-order valence-corrected chi connectivity index (χ1v) is 8.95. The number of nitro groups is 1. The average Bonchev–Trinajstić information content (AvgIpc) is 2.72. The zero-order chi connectivity index (χ0) is 22.1. The number of Topliss-reactive ketones (excluding diaryl/α,β-unsaturated/α-hetero) is 1. The molecule has 0 fully saturated rings. The smallest absolute Gasteiger partial charge is 0.306 e. The van der Waals surface area contributed by atoms with Gasteiger partial charge in [-0.05, 0) is 43.3 Å². The maximum atomic E-state index is 13.3. The zero-order valence-electron chi connectivity index (χ0n) is 16.1. The molecule has 0 aliphatic heterocycles. The van der Waals surface area contributed by atoms with Gasteiger partial charge in [-0.1, -0.05) is 0 Å². The molecule has 2 aromatic rings. The minimum absolute atomic E-state index is 0.0187. The second-order valence-corrected chi connectivity index (χ2v) is 6.01. The molecule has 158 valence electrons. The molecule has 2 rings (SSSR count). The lowest BCUT2D eigenvalue weighted by molar-refractivity contribution is -0.387. The molecule has 0 bridgehead atoms. The van der Waals surface area contributed by atoms with Crippen molar-refractivity contribution in [2.24, 2.45) is 0 Å². The van der Waals surface area contributed by atoms with E-state index in [0.29, 0.717) is 17.9 Å². The molecule has 1 N–H and O–H groups in total. The minimum Gasteiger partial charge on any atom is -0.494 e. The van der Waals surface area contributed by atoms with Gasteiger partial charge in [-0.3, -0.25) is 24.5 Å². The van der Waals surface area contributed by atoms with Crippen molar-refractivity contribution in [3.8, 4) is 5.75 Å². The van der Waals surface area contributed by atoms with Crippen LogP contribution in [0.4, 0.5) is 15.8 Å². The molecule has 0 saturated heterocycles. The summed E-state index contributed by atoms with van der Waals surface area (Å²) in [7, 11) is 0. The number of ether oxygens (including phenoxy) is 2. The third-order valence-electron chi connectivity index (χ3n) is 3.83. The fourth-order valence-corrected chi connectivity index (χ4v) is 2.41. The Bertz CT molecular complexity index is 945. The van der Waals surface area contributed by atoms with Crippen LogP contribution < -0.4 is 10.1 Å². The molecule has 0 heterocycles. The summed E-state index contributed by atoms with van der Waals surface area (Å²) in [6.07, 6.45) is -0.320. The van der Waals surface area contributed by atoms with E-state index in [4.69, 9.17) is 9.47 Å². The molecule has 1 amide bonds. The predicted octanol–water partition coefficient (Wildman–Crippen LogP) is 3.28. The molecular formula is C20H19FN2O7. The number of rotatable bonds is 10. The van der Waals surface area contributed by atoms with Crippen molar-refractivity contribution in [2.45, 2.75) is 19.8 Å². The molecule has 0 aliphatic carbocycles. The topological polar surface area (TPSA) is 125 Å². The lowest BCUT2D eigenvalue weighted by Crippen LogP contribution is -2.21. The van der Waals surface area contributed by atoms with E-state index in [2.05, 4.69) is 5.32 Å². The molecule has 0 spiro atoms. The van der Waals surface area contributed by atoms with E-state index in [1.165, 1.54) is 0 Å². The van der Waals surface area contributed by atoms with Crippen LogP contribution in [0.5, 0.6) is 5.75 Å². The van der Waals surface area contributed by atoms with Gasteiger partial charge in [0.2, 0.25) is 5.82 Å². The van der Waals surface area contributed by atoms with Crippen molar-refractivity contribution in [1.82, 2.24) is 0 Å². The highest BCUT2D eigenvalue weighted by molar-refractivity contribution is 5.98. The van der Waals surface area contributed by atoms with Crippen molar-refractivity contribution in [3.63, 3.8) is 0 Å². The summed E-state index contributed by atoms with van der Waals surface area (Å²) in [6.45, 7) is 1.69. The van der Waals surface area contributed by atoms with Crippen LogP contribution in [0.3, 0.4) is 0 Å². The molecule has 0 atom stereocenters. The highest BCUT2D eigenvalue weighted by Gasteiger charge is 2.16. The molecule has 30 heavy (non-hydrogen) atoms. The number of amides is 1. The quantitative estimate of drug-likeness (QED) is 0.272. The van der Waals surface area contributed by atoms with Crippen LogP contribution >= 0.6 is 0 Å². The summed E-state index contributed by atoms with van der Waals surface area (Å²) < 4.78 is 23.3. The number of hydrogen-bond donors (Lipinski definition) is 1. The van der Waals surface area contributed by atoms with Gasteiger partial charge in [0.05, 0.1) is 18.0 Å². The number of benzene rings is 2. The first-order valence-electron chi connectivity index (χ1n) is 8.95. The largest absolute Gasteiger partial charge is 0.494 e. The SMILES string of the molecule is CCOc1ccc(C(=O)CCC(=O)OCC(=O)Nc2ccc(F)c([N+](=O)[O-])c2)cc1. The maximum Gasteiger partial charge on any atom is 0.306 e. The van der Waals surface area contributed by atoms with Gasteiger partial charge < -0.3 is 14.8 Å². The highest BCUT2D eigenvalue weighted by Crippen LogP contribution is 2.21. The second-order valence-electron chi connectivity index (χ2n) is 6.01. The Hall–Kier alpha value is -3.82. The van der Waals surface area contributed by atoms with Gasteiger partial charge >= 0.3 is 11.7 Å². The van der Waals surface area contributed by atoms with Gasteiger partial charge in [0.15, 0.2) is 12.4 Å². The third-order valence-corrected chi connectivity index (χ3v) is 3.83. The number of nitrogens with one attached hydrogen (secondary N) is 1. The van der Waals surface area contributed by atoms with Crippen molar-refractivity contribution in [2.75, 3.05) is 18.5 Å². The van der Waals surface area contributed by atoms with E-state index in [1.807, 2.05) is 6.92 Å². The first-order chi connectivity index (χ1) is 14.3. The zero-order valence-corrected chi connectivity index (χ0v) is 16.1. The Kier molecular flexibility index (Phi) is 7.98. The van der Waals surface area contributed by atoms with E-state index < -0.39 is 34.9 Å². The molecule has 0 saturated carbocycles.